The zero-order valence-electron chi connectivity index (χ0n) is 5.62. The number of carbonyl (C=O) groups excluding carboxylic acids is 2. The number of carbonyl (C=O) groups is 2. The summed E-state index contributed by atoms with van der Waals surface area (Å²) in [5.74, 6) is -0.759. The molecule has 0 heterocycles. The topological polar surface area (TPSA) is 91.7 Å². The Morgan fingerprint density at radius 3 is 1.20 bits per heavy atom. The number of hydrogen-bond acceptors (Lipinski definition) is 3. The van der Waals surface area contributed by atoms with Gasteiger partial charge >= 0.3 is 8.25 Å². The Hall–Kier alpha value is -0.510. The highest BCUT2D eigenvalue weighted by molar-refractivity contribution is 7.30. The van der Waals surface area contributed by atoms with Gasteiger partial charge in [0.25, 0.3) is 0 Å². The fraction of sp³-hybridized carbons (Fsp3) is 0.500. The second kappa shape index (κ2) is 6.61. The van der Waals surface area contributed by atoms with E-state index in [2.05, 4.69) is 0 Å². The zero-order valence-corrected chi connectivity index (χ0v) is 6.62. The fourth-order valence-electron chi connectivity index (χ4n) is 0. The zero-order chi connectivity index (χ0) is 8.73. The van der Waals surface area contributed by atoms with E-state index in [-0.39, 0.29) is 11.6 Å². The van der Waals surface area contributed by atoms with Gasteiger partial charge in [0.1, 0.15) is 0 Å². The van der Waals surface area contributed by atoms with Gasteiger partial charge in [0.15, 0.2) is 11.6 Å². The molecule has 0 aromatic rings. The maximum absolute atomic E-state index is 9.79. The minimum atomic E-state index is -3.13. The van der Waals surface area contributed by atoms with E-state index in [0.29, 0.717) is 0 Å². The number of Topliss-reactive ketones (excluding diaryl/α,β-unsaturated/α-hetero) is 2. The molecule has 2 N–H and O–H groups in total. The lowest BCUT2D eigenvalue weighted by atomic mass is 10.3. The van der Waals surface area contributed by atoms with Crippen molar-refractivity contribution in [2.45, 2.75) is 13.8 Å². The summed E-state index contributed by atoms with van der Waals surface area (Å²) in [4.78, 5) is 33.9. The third kappa shape index (κ3) is 25.9. The minimum Gasteiger partial charge on any atom is -0.326 e. The lowest BCUT2D eigenvalue weighted by Crippen LogP contribution is -2.01. The van der Waals surface area contributed by atoms with Gasteiger partial charge in [-0.05, 0) is 0 Å². The van der Waals surface area contributed by atoms with Crippen molar-refractivity contribution in [2.75, 3.05) is 0 Å². The number of rotatable bonds is 1. The van der Waals surface area contributed by atoms with Gasteiger partial charge < -0.3 is 9.79 Å². The van der Waals surface area contributed by atoms with Gasteiger partial charge in [0, 0.05) is 13.8 Å². The summed E-state index contributed by atoms with van der Waals surface area (Å²) in [7, 11) is -3.13. The highest BCUT2D eigenvalue weighted by atomic mass is 31.1. The van der Waals surface area contributed by atoms with Crippen molar-refractivity contribution in [3.63, 3.8) is 0 Å². The minimum absolute atomic E-state index is 0.380. The molecular weight excluding hydrogens is 159 g/mol. The normalized spacial score (nSPS) is 8.10. The van der Waals surface area contributed by atoms with Crippen molar-refractivity contribution in [1.29, 1.82) is 0 Å². The van der Waals surface area contributed by atoms with Crippen LogP contribution in [0.15, 0.2) is 0 Å². The van der Waals surface area contributed by atoms with Crippen LogP contribution in [0.4, 0.5) is 0 Å². The first kappa shape index (κ1) is 12.2. The molecule has 0 fully saturated rings. The second-order valence-corrected chi connectivity index (χ2v) is 1.96. The Morgan fingerprint density at radius 1 is 1.10 bits per heavy atom. The molecule has 0 radical (unpaired) electrons. The van der Waals surface area contributed by atoms with Crippen LogP contribution in [-0.2, 0) is 14.2 Å². The Morgan fingerprint density at radius 2 is 1.20 bits per heavy atom. The first-order valence-corrected chi connectivity index (χ1v) is 3.61. The summed E-state index contributed by atoms with van der Waals surface area (Å²) in [5.41, 5.74) is 0. The molecule has 0 saturated heterocycles. The van der Waals surface area contributed by atoms with E-state index < -0.39 is 8.25 Å². The van der Waals surface area contributed by atoms with Gasteiger partial charge in [0.2, 0.25) is 0 Å². The number of ketones is 2. The number of hydrogen-bond donors (Lipinski definition) is 2. The Balaban J connectivity index is 0. The van der Waals surface area contributed by atoms with Gasteiger partial charge in [-0.3, -0.25) is 14.2 Å². The third-order valence-corrected chi connectivity index (χ3v) is 0.496. The van der Waals surface area contributed by atoms with Crippen molar-refractivity contribution in [3.05, 3.63) is 0 Å². The summed E-state index contributed by atoms with van der Waals surface area (Å²) < 4.78 is 8.74. The van der Waals surface area contributed by atoms with E-state index in [9.17, 15) is 9.59 Å². The molecule has 0 aromatic heterocycles. The summed E-state index contributed by atoms with van der Waals surface area (Å²) in [6.07, 6.45) is 0. The van der Waals surface area contributed by atoms with Crippen LogP contribution in [0.3, 0.4) is 0 Å². The van der Waals surface area contributed by atoms with Crippen LogP contribution in [0, 0.1) is 0 Å². The lowest BCUT2D eigenvalue weighted by Gasteiger charge is -1.73. The van der Waals surface area contributed by atoms with E-state index in [1.165, 1.54) is 13.8 Å². The van der Waals surface area contributed by atoms with Crippen LogP contribution in [0.1, 0.15) is 13.8 Å². The van der Waals surface area contributed by atoms with Gasteiger partial charge in [-0.1, -0.05) is 0 Å². The maximum atomic E-state index is 9.79. The molecular formula is C4H9O5P. The molecule has 6 heteroatoms. The summed E-state index contributed by atoms with van der Waals surface area (Å²) in [6.45, 7) is 2.50. The first-order chi connectivity index (χ1) is 4.37. The van der Waals surface area contributed by atoms with E-state index >= 15 is 0 Å². The van der Waals surface area contributed by atoms with Gasteiger partial charge in [0.05, 0.1) is 0 Å². The van der Waals surface area contributed by atoms with Crippen LogP contribution in [0.2, 0.25) is 0 Å². The van der Waals surface area contributed by atoms with Crippen molar-refractivity contribution in [1.82, 2.24) is 0 Å². The SMILES string of the molecule is CC(=O)C(C)=O.O=[PH](O)O. The Kier molecular flexibility index (Phi) is 8.06. The van der Waals surface area contributed by atoms with E-state index in [1.807, 2.05) is 0 Å². The monoisotopic (exact) mass is 168 g/mol. The van der Waals surface area contributed by atoms with Crippen molar-refractivity contribution in [2.24, 2.45) is 0 Å². The van der Waals surface area contributed by atoms with Crippen LogP contribution >= 0.6 is 8.25 Å². The maximum Gasteiger partial charge on any atom is 0.314 e. The molecule has 0 unspecified atom stereocenters. The smallest absolute Gasteiger partial charge is 0.314 e. The van der Waals surface area contributed by atoms with Crippen LogP contribution in [0.5, 0.6) is 0 Å². The molecule has 0 atom stereocenters. The van der Waals surface area contributed by atoms with Crippen molar-refractivity contribution >= 4 is 19.8 Å². The molecule has 0 aliphatic carbocycles. The summed E-state index contributed by atoms with van der Waals surface area (Å²) in [6, 6.07) is 0. The van der Waals surface area contributed by atoms with Gasteiger partial charge in [-0.2, -0.15) is 0 Å². The fourth-order valence-corrected chi connectivity index (χ4v) is 0. The third-order valence-electron chi connectivity index (χ3n) is 0.496. The van der Waals surface area contributed by atoms with Crippen molar-refractivity contribution in [3.8, 4) is 0 Å². The molecule has 5 nitrogen and oxygen atoms in total. The highest BCUT2D eigenvalue weighted by Gasteiger charge is 1.94. The van der Waals surface area contributed by atoms with Crippen LogP contribution in [0.25, 0.3) is 0 Å². The second-order valence-electron chi connectivity index (χ2n) is 1.39. The van der Waals surface area contributed by atoms with Crippen LogP contribution < -0.4 is 0 Å². The van der Waals surface area contributed by atoms with E-state index in [4.69, 9.17) is 14.4 Å². The molecule has 0 bridgehead atoms. The summed E-state index contributed by atoms with van der Waals surface area (Å²) >= 11 is 0. The van der Waals surface area contributed by atoms with Crippen molar-refractivity contribution < 1.29 is 23.9 Å². The summed E-state index contributed by atoms with van der Waals surface area (Å²) in [5, 5.41) is 0. The molecule has 60 valence electrons. The predicted molar refractivity (Wildman–Crippen MR) is 34.8 cm³/mol. The van der Waals surface area contributed by atoms with Gasteiger partial charge in [-0.15, -0.1) is 0 Å². The molecule has 10 heavy (non-hydrogen) atoms. The van der Waals surface area contributed by atoms with E-state index in [0.717, 1.165) is 0 Å². The molecule has 0 aliphatic heterocycles. The standard InChI is InChI=1S/C4H6O2.H3O3P/c1-3(5)4(2)6;1-4(2)3/h1-2H3;4H,(H2,1,2,3). The average Bonchev–Trinajstić information content (AvgIpc) is 1.63. The molecule has 0 aromatic carbocycles. The highest BCUT2D eigenvalue weighted by Crippen LogP contribution is 1.98. The molecule has 0 spiro atoms. The first-order valence-electron chi connectivity index (χ1n) is 2.31. The average molecular weight is 168 g/mol. The quantitative estimate of drug-likeness (QED) is 0.407. The Labute approximate surface area is 58.6 Å². The molecule has 0 saturated carbocycles. The molecule has 0 aliphatic rings. The van der Waals surface area contributed by atoms with Crippen LogP contribution in [-0.4, -0.2) is 21.4 Å². The lowest BCUT2D eigenvalue weighted by molar-refractivity contribution is -0.134. The Bertz CT molecular complexity index is 136. The van der Waals surface area contributed by atoms with E-state index in [1.54, 1.807) is 0 Å². The van der Waals surface area contributed by atoms with Gasteiger partial charge in [-0.25, -0.2) is 0 Å². The predicted octanol–water partition coefficient (Wildman–Crippen LogP) is -0.475. The molecule has 0 rings (SSSR count). The largest absolute Gasteiger partial charge is 0.326 e. The molecule has 0 amide bonds.